The average molecular weight is 373 g/mol. The van der Waals surface area contributed by atoms with E-state index in [0.29, 0.717) is 5.89 Å². The first-order valence-electron chi connectivity index (χ1n) is 9.54. The van der Waals surface area contributed by atoms with Crippen molar-refractivity contribution in [3.63, 3.8) is 0 Å². The SMILES string of the molecule is Cc1nnc(CCCCc2cccc(-c3nn(C)nc3-c3ccccc3)c2)o1. The quantitative estimate of drug-likeness (QED) is 0.449. The summed E-state index contributed by atoms with van der Waals surface area (Å²) in [6, 6.07) is 18.8. The second kappa shape index (κ2) is 8.17. The van der Waals surface area contributed by atoms with Crippen LogP contribution in [0.4, 0.5) is 0 Å². The summed E-state index contributed by atoms with van der Waals surface area (Å²) in [5.41, 5.74) is 5.29. The van der Waals surface area contributed by atoms with Gasteiger partial charge in [0.1, 0.15) is 11.4 Å². The Balaban J connectivity index is 1.47. The van der Waals surface area contributed by atoms with Gasteiger partial charge in [0.05, 0.1) is 0 Å². The first-order valence-corrected chi connectivity index (χ1v) is 9.54. The Morgan fingerprint density at radius 2 is 1.54 bits per heavy atom. The van der Waals surface area contributed by atoms with Crippen molar-refractivity contribution in [3.05, 3.63) is 71.9 Å². The molecule has 0 aliphatic heterocycles. The number of aryl methyl sites for hydroxylation is 4. The molecule has 0 saturated carbocycles. The molecule has 0 amide bonds. The number of nitrogens with zero attached hydrogens (tertiary/aromatic N) is 5. The van der Waals surface area contributed by atoms with Crippen molar-refractivity contribution in [3.8, 4) is 22.5 Å². The molecule has 28 heavy (non-hydrogen) atoms. The minimum absolute atomic E-state index is 0.626. The Morgan fingerprint density at radius 1 is 0.821 bits per heavy atom. The third kappa shape index (κ3) is 4.17. The molecule has 4 aromatic rings. The normalized spacial score (nSPS) is 11.1. The molecule has 0 bridgehead atoms. The molecule has 0 atom stereocenters. The monoisotopic (exact) mass is 373 g/mol. The van der Waals surface area contributed by atoms with Gasteiger partial charge < -0.3 is 4.42 Å². The highest BCUT2D eigenvalue weighted by Gasteiger charge is 2.14. The van der Waals surface area contributed by atoms with Crippen LogP contribution < -0.4 is 0 Å². The van der Waals surface area contributed by atoms with Crippen LogP contribution in [0.1, 0.15) is 30.2 Å². The lowest BCUT2D eigenvalue weighted by atomic mass is 10.0. The number of hydrogen-bond acceptors (Lipinski definition) is 5. The maximum absolute atomic E-state index is 5.43. The average Bonchev–Trinajstić information content (AvgIpc) is 3.31. The fraction of sp³-hybridized carbons (Fsp3) is 0.273. The summed E-state index contributed by atoms with van der Waals surface area (Å²) in [4.78, 5) is 1.64. The molecule has 0 N–H and O–H groups in total. The Bertz CT molecular complexity index is 1050. The topological polar surface area (TPSA) is 69.6 Å². The lowest BCUT2D eigenvalue weighted by molar-refractivity contribution is 0.459. The fourth-order valence-electron chi connectivity index (χ4n) is 3.31. The molecule has 2 aromatic carbocycles. The molecular weight excluding hydrogens is 350 g/mol. The predicted molar refractivity (Wildman–Crippen MR) is 108 cm³/mol. The van der Waals surface area contributed by atoms with Crippen molar-refractivity contribution in [1.82, 2.24) is 25.2 Å². The van der Waals surface area contributed by atoms with Gasteiger partial charge in [-0.05, 0) is 30.9 Å². The summed E-state index contributed by atoms with van der Waals surface area (Å²) in [6.07, 6.45) is 3.91. The van der Waals surface area contributed by atoms with E-state index in [1.165, 1.54) is 5.56 Å². The summed E-state index contributed by atoms with van der Waals surface area (Å²) in [7, 11) is 1.86. The first-order chi connectivity index (χ1) is 13.7. The molecule has 0 aliphatic carbocycles. The Kier molecular flexibility index (Phi) is 5.28. The van der Waals surface area contributed by atoms with Crippen molar-refractivity contribution in [2.75, 3.05) is 0 Å². The van der Waals surface area contributed by atoms with Gasteiger partial charge in [0, 0.05) is 31.5 Å². The predicted octanol–water partition coefficient (Wildman–Crippen LogP) is 4.41. The summed E-state index contributed by atoms with van der Waals surface area (Å²) >= 11 is 0. The molecule has 2 heterocycles. The van der Waals surface area contributed by atoms with Crippen LogP contribution in [-0.4, -0.2) is 25.2 Å². The molecule has 0 radical (unpaired) electrons. The van der Waals surface area contributed by atoms with Crippen molar-refractivity contribution < 1.29 is 4.42 Å². The van der Waals surface area contributed by atoms with Crippen molar-refractivity contribution in [2.24, 2.45) is 7.05 Å². The highest BCUT2D eigenvalue weighted by atomic mass is 16.4. The van der Waals surface area contributed by atoms with E-state index in [2.05, 4.69) is 56.8 Å². The van der Waals surface area contributed by atoms with Gasteiger partial charge >= 0.3 is 0 Å². The molecule has 6 heteroatoms. The van der Waals surface area contributed by atoms with Crippen LogP contribution in [-0.2, 0) is 19.9 Å². The zero-order valence-electron chi connectivity index (χ0n) is 16.2. The van der Waals surface area contributed by atoms with Gasteiger partial charge in [-0.3, -0.25) is 0 Å². The molecule has 142 valence electrons. The van der Waals surface area contributed by atoms with Gasteiger partial charge in [0.15, 0.2) is 0 Å². The van der Waals surface area contributed by atoms with Gasteiger partial charge in [-0.25, -0.2) is 0 Å². The highest BCUT2D eigenvalue weighted by Crippen LogP contribution is 2.29. The molecule has 0 spiro atoms. The van der Waals surface area contributed by atoms with Crippen LogP contribution in [0.25, 0.3) is 22.5 Å². The molecule has 0 fully saturated rings. The molecule has 0 saturated heterocycles. The first kappa shape index (κ1) is 18.1. The van der Waals surface area contributed by atoms with E-state index in [-0.39, 0.29) is 0 Å². The van der Waals surface area contributed by atoms with E-state index in [4.69, 9.17) is 4.42 Å². The number of hydrogen-bond donors (Lipinski definition) is 0. The van der Waals surface area contributed by atoms with Crippen LogP contribution in [0.2, 0.25) is 0 Å². The second-order valence-corrected chi connectivity index (χ2v) is 6.87. The van der Waals surface area contributed by atoms with Gasteiger partial charge in [0.25, 0.3) is 0 Å². The molecule has 0 aliphatic rings. The van der Waals surface area contributed by atoms with Gasteiger partial charge in [-0.2, -0.15) is 15.0 Å². The zero-order chi connectivity index (χ0) is 19.3. The van der Waals surface area contributed by atoms with Crippen LogP contribution in [0.15, 0.2) is 59.0 Å². The van der Waals surface area contributed by atoms with Gasteiger partial charge in [0.2, 0.25) is 11.8 Å². The molecule has 6 nitrogen and oxygen atoms in total. The van der Waals surface area contributed by atoms with E-state index in [0.717, 1.165) is 54.1 Å². The standard InChI is InChI=1S/C22H23N5O/c1-16-23-24-20(28-16)14-7-6-9-17-10-8-13-19(15-17)22-21(25-27(2)26-22)18-11-4-3-5-12-18/h3-5,8,10-13,15H,6-7,9,14H2,1-2H3. The van der Waals surface area contributed by atoms with Crippen LogP contribution in [0.5, 0.6) is 0 Å². The minimum Gasteiger partial charge on any atom is -0.426 e. The van der Waals surface area contributed by atoms with Crippen LogP contribution >= 0.6 is 0 Å². The third-order valence-electron chi connectivity index (χ3n) is 4.64. The smallest absolute Gasteiger partial charge is 0.216 e. The zero-order valence-corrected chi connectivity index (χ0v) is 16.2. The maximum Gasteiger partial charge on any atom is 0.216 e. The van der Waals surface area contributed by atoms with E-state index >= 15 is 0 Å². The van der Waals surface area contributed by atoms with Crippen LogP contribution in [0.3, 0.4) is 0 Å². The van der Waals surface area contributed by atoms with E-state index in [1.807, 2.05) is 32.2 Å². The number of benzene rings is 2. The summed E-state index contributed by atoms with van der Waals surface area (Å²) in [5.74, 6) is 1.35. The Hall–Kier alpha value is -3.28. The second-order valence-electron chi connectivity index (χ2n) is 6.87. The van der Waals surface area contributed by atoms with Crippen molar-refractivity contribution in [2.45, 2.75) is 32.6 Å². The number of unbranched alkanes of at least 4 members (excludes halogenated alkanes) is 1. The largest absolute Gasteiger partial charge is 0.426 e. The van der Waals surface area contributed by atoms with Crippen molar-refractivity contribution >= 4 is 0 Å². The Morgan fingerprint density at radius 3 is 2.29 bits per heavy atom. The third-order valence-corrected chi connectivity index (χ3v) is 4.64. The Labute approximate surface area is 164 Å². The molecule has 0 unspecified atom stereocenters. The maximum atomic E-state index is 5.43. The fourth-order valence-corrected chi connectivity index (χ4v) is 3.31. The summed E-state index contributed by atoms with van der Waals surface area (Å²) in [6.45, 7) is 1.82. The lowest BCUT2D eigenvalue weighted by Gasteiger charge is -2.05. The van der Waals surface area contributed by atoms with E-state index in [9.17, 15) is 0 Å². The van der Waals surface area contributed by atoms with E-state index in [1.54, 1.807) is 4.80 Å². The lowest BCUT2D eigenvalue weighted by Crippen LogP contribution is -1.92. The molecule has 2 aromatic heterocycles. The molecule has 4 rings (SSSR count). The summed E-state index contributed by atoms with van der Waals surface area (Å²) in [5, 5.41) is 17.1. The van der Waals surface area contributed by atoms with Crippen LogP contribution in [0, 0.1) is 6.92 Å². The van der Waals surface area contributed by atoms with Crippen molar-refractivity contribution in [1.29, 1.82) is 0 Å². The van der Waals surface area contributed by atoms with Gasteiger partial charge in [-0.1, -0.05) is 48.5 Å². The minimum atomic E-state index is 0.626. The number of aromatic nitrogens is 5. The van der Waals surface area contributed by atoms with Gasteiger partial charge in [-0.15, -0.1) is 10.2 Å². The highest BCUT2D eigenvalue weighted by molar-refractivity contribution is 5.77. The van der Waals surface area contributed by atoms with E-state index < -0.39 is 0 Å². The molecular formula is C22H23N5O. The summed E-state index contributed by atoms with van der Waals surface area (Å²) < 4.78 is 5.43. The number of rotatable bonds is 7.